The van der Waals surface area contributed by atoms with E-state index >= 15 is 0 Å². The largest absolute Gasteiger partial charge is 0.271 e. The van der Waals surface area contributed by atoms with E-state index in [4.69, 9.17) is 5.84 Å². The van der Waals surface area contributed by atoms with Crippen molar-refractivity contribution >= 4 is 21.2 Å². The summed E-state index contributed by atoms with van der Waals surface area (Å²) < 4.78 is 22.4. The Hall–Kier alpha value is -0.430. The molecule has 0 saturated heterocycles. The van der Waals surface area contributed by atoms with E-state index in [1.54, 1.807) is 13.8 Å². The minimum absolute atomic E-state index is 0.390. The quantitative estimate of drug-likeness (QED) is 0.617. The number of hydrogen-bond acceptors (Lipinski definition) is 5. The van der Waals surface area contributed by atoms with E-state index in [-0.39, 0.29) is 0 Å². The van der Waals surface area contributed by atoms with Crippen LogP contribution < -0.4 is 11.3 Å². The maximum atomic E-state index is 11.7. The molecule has 6 heteroatoms. The van der Waals surface area contributed by atoms with Gasteiger partial charge in [-0.05, 0) is 36.2 Å². The SMILES string of the molecule is CC(C)(C(NN)c1ccsc1)S(C)(=O)=O. The third-order valence-corrected chi connectivity index (χ3v) is 5.54. The molecule has 1 heterocycles. The summed E-state index contributed by atoms with van der Waals surface area (Å²) in [5.41, 5.74) is 3.48. The van der Waals surface area contributed by atoms with Crippen molar-refractivity contribution in [2.45, 2.75) is 24.6 Å². The first-order valence-electron chi connectivity index (χ1n) is 4.48. The molecule has 0 aromatic carbocycles. The van der Waals surface area contributed by atoms with E-state index in [9.17, 15) is 8.42 Å². The van der Waals surface area contributed by atoms with Gasteiger partial charge in [0.05, 0.1) is 10.8 Å². The van der Waals surface area contributed by atoms with Crippen molar-refractivity contribution in [3.63, 3.8) is 0 Å². The Bertz CT molecular complexity index is 409. The van der Waals surface area contributed by atoms with Crippen LogP contribution in [-0.2, 0) is 9.84 Å². The molecule has 0 aliphatic rings. The number of sulfone groups is 1. The van der Waals surface area contributed by atoms with Crippen molar-refractivity contribution in [3.05, 3.63) is 22.4 Å². The number of thiophene rings is 1. The van der Waals surface area contributed by atoms with Crippen LogP contribution in [0.2, 0.25) is 0 Å². The average Bonchev–Trinajstić information content (AvgIpc) is 2.55. The molecule has 1 atom stereocenters. The van der Waals surface area contributed by atoms with E-state index < -0.39 is 20.6 Å². The van der Waals surface area contributed by atoms with E-state index in [0.717, 1.165) is 5.56 Å². The summed E-state index contributed by atoms with van der Waals surface area (Å²) in [7, 11) is -3.18. The van der Waals surface area contributed by atoms with Crippen LogP contribution in [-0.4, -0.2) is 19.4 Å². The minimum atomic E-state index is -3.18. The lowest BCUT2D eigenvalue weighted by Crippen LogP contribution is -2.47. The summed E-state index contributed by atoms with van der Waals surface area (Å²) in [6, 6.07) is 1.49. The fraction of sp³-hybridized carbons (Fsp3) is 0.556. The van der Waals surface area contributed by atoms with Gasteiger partial charge in [-0.1, -0.05) is 0 Å². The molecule has 0 amide bonds. The van der Waals surface area contributed by atoms with Crippen molar-refractivity contribution in [1.82, 2.24) is 5.43 Å². The smallest absolute Gasteiger partial charge is 0.154 e. The Morgan fingerprint density at radius 1 is 1.53 bits per heavy atom. The fourth-order valence-corrected chi connectivity index (χ4v) is 2.67. The number of rotatable bonds is 4. The Morgan fingerprint density at radius 3 is 2.47 bits per heavy atom. The van der Waals surface area contributed by atoms with Gasteiger partial charge in [0.1, 0.15) is 0 Å². The van der Waals surface area contributed by atoms with Crippen LogP contribution in [0.4, 0.5) is 0 Å². The zero-order valence-electron chi connectivity index (χ0n) is 9.02. The Balaban J connectivity index is 3.14. The Morgan fingerprint density at radius 2 is 2.13 bits per heavy atom. The first-order valence-corrected chi connectivity index (χ1v) is 7.32. The molecule has 1 unspecified atom stereocenters. The summed E-state index contributed by atoms with van der Waals surface area (Å²) in [5.74, 6) is 5.44. The van der Waals surface area contributed by atoms with Crippen LogP contribution in [0.5, 0.6) is 0 Å². The Kier molecular flexibility index (Phi) is 3.55. The van der Waals surface area contributed by atoms with Crippen LogP contribution in [0.25, 0.3) is 0 Å². The molecule has 0 saturated carbocycles. The van der Waals surface area contributed by atoms with Crippen molar-refractivity contribution in [1.29, 1.82) is 0 Å². The summed E-state index contributed by atoms with van der Waals surface area (Å²) in [4.78, 5) is 0. The molecule has 15 heavy (non-hydrogen) atoms. The monoisotopic (exact) mass is 248 g/mol. The average molecular weight is 248 g/mol. The number of hydrogen-bond donors (Lipinski definition) is 2. The highest BCUT2D eigenvalue weighted by atomic mass is 32.2. The van der Waals surface area contributed by atoms with Crippen LogP contribution in [0.3, 0.4) is 0 Å². The van der Waals surface area contributed by atoms with E-state index in [1.165, 1.54) is 17.6 Å². The normalized spacial score (nSPS) is 15.2. The summed E-state index contributed by atoms with van der Waals surface area (Å²) in [6.45, 7) is 3.34. The topological polar surface area (TPSA) is 72.2 Å². The van der Waals surface area contributed by atoms with Gasteiger partial charge in [-0.3, -0.25) is 11.3 Å². The lowest BCUT2D eigenvalue weighted by Gasteiger charge is -2.31. The third kappa shape index (κ3) is 2.39. The molecule has 0 fully saturated rings. The van der Waals surface area contributed by atoms with Crippen molar-refractivity contribution < 1.29 is 8.42 Å². The molecule has 1 rings (SSSR count). The first-order chi connectivity index (χ1) is 6.80. The summed E-state index contributed by atoms with van der Waals surface area (Å²) >= 11 is 1.52. The van der Waals surface area contributed by atoms with Gasteiger partial charge in [0.25, 0.3) is 0 Å². The van der Waals surface area contributed by atoms with Gasteiger partial charge in [0, 0.05) is 6.26 Å². The lowest BCUT2D eigenvalue weighted by atomic mass is 9.98. The van der Waals surface area contributed by atoms with Crippen molar-refractivity contribution in [3.8, 4) is 0 Å². The number of hydrazine groups is 1. The van der Waals surface area contributed by atoms with Crippen molar-refractivity contribution in [2.75, 3.05) is 6.26 Å². The van der Waals surface area contributed by atoms with Crippen LogP contribution >= 0.6 is 11.3 Å². The van der Waals surface area contributed by atoms with Gasteiger partial charge in [-0.25, -0.2) is 8.42 Å². The van der Waals surface area contributed by atoms with Crippen LogP contribution in [0.1, 0.15) is 25.5 Å². The first kappa shape index (κ1) is 12.6. The highest BCUT2D eigenvalue weighted by molar-refractivity contribution is 7.92. The highest BCUT2D eigenvalue weighted by Crippen LogP contribution is 2.32. The Labute approximate surface area is 94.4 Å². The third-order valence-electron chi connectivity index (χ3n) is 2.69. The molecular formula is C9H16N2O2S2. The minimum Gasteiger partial charge on any atom is -0.271 e. The predicted molar refractivity (Wildman–Crippen MR) is 63.3 cm³/mol. The van der Waals surface area contributed by atoms with Crippen molar-refractivity contribution in [2.24, 2.45) is 5.84 Å². The lowest BCUT2D eigenvalue weighted by molar-refractivity contribution is 0.428. The molecule has 1 aromatic rings. The zero-order chi connectivity index (χ0) is 11.7. The van der Waals surface area contributed by atoms with E-state index in [0.29, 0.717) is 0 Å². The zero-order valence-corrected chi connectivity index (χ0v) is 10.7. The summed E-state index contributed by atoms with van der Waals surface area (Å²) in [5, 5.41) is 3.80. The van der Waals surface area contributed by atoms with Gasteiger partial charge in [-0.15, -0.1) is 0 Å². The second-order valence-electron chi connectivity index (χ2n) is 4.03. The molecule has 3 N–H and O–H groups in total. The second-order valence-corrected chi connectivity index (χ2v) is 7.41. The maximum Gasteiger partial charge on any atom is 0.154 e. The predicted octanol–water partition coefficient (Wildman–Crippen LogP) is 1.08. The summed E-state index contributed by atoms with van der Waals surface area (Å²) in [6.07, 6.45) is 1.23. The molecule has 0 aliphatic carbocycles. The van der Waals surface area contributed by atoms with Gasteiger partial charge >= 0.3 is 0 Å². The van der Waals surface area contributed by atoms with Gasteiger partial charge < -0.3 is 0 Å². The fourth-order valence-electron chi connectivity index (χ4n) is 1.35. The molecule has 0 radical (unpaired) electrons. The van der Waals surface area contributed by atoms with E-state index in [1.807, 2.05) is 16.8 Å². The molecule has 86 valence electrons. The molecule has 0 aliphatic heterocycles. The molecule has 1 aromatic heterocycles. The number of nitrogens with two attached hydrogens (primary N) is 1. The van der Waals surface area contributed by atoms with Gasteiger partial charge in [-0.2, -0.15) is 11.3 Å². The van der Waals surface area contributed by atoms with Crippen LogP contribution in [0.15, 0.2) is 16.8 Å². The molecule has 0 bridgehead atoms. The van der Waals surface area contributed by atoms with Gasteiger partial charge in [0.15, 0.2) is 9.84 Å². The molecule has 0 spiro atoms. The molecule has 4 nitrogen and oxygen atoms in total. The number of nitrogens with one attached hydrogen (secondary N) is 1. The highest BCUT2D eigenvalue weighted by Gasteiger charge is 2.39. The van der Waals surface area contributed by atoms with E-state index in [2.05, 4.69) is 5.43 Å². The maximum absolute atomic E-state index is 11.7. The molecular weight excluding hydrogens is 232 g/mol. The standard InChI is InChI=1S/C9H16N2O2S2/c1-9(2,15(3,12)13)8(11-10)7-4-5-14-6-7/h4-6,8,11H,10H2,1-3H3. The second kappa shape index (κ2) is 4.21. The van der Waals surface area contributed by atoms with Gasteiger partial charge in [0.2, 0.25) is 0 Å². The van der Waals surface area contributed by atoms with Crippen LogP contribution in [0, 0.1) is 0 Å².